The number of amides is 1. The predicted molar refractivity (Wildman–Crippen MR) is 85.3 cm³/mol. The summed E-state index contributed by atoms with van der Waals surface area (Å²) in [5, 5.41) is 3.08. The monoisotopic (exact) mass is 290 g/mol. The predicted octanol–water partition coefficient (Wildman–Crippen LogP) is 2.13. The van der Waals surface area contributed by atoms with Gasteiger partial charge in [0.25, 0.3) is 0 Å². The van der Waals surface area contributed by atoms with Gasteiger partial charge in [-0.15, -0.1) is 0 Å². The minimum absolute atomic E-state index is 0.231. The summed E-state index contributed by atoms with van der Waals surface area (Å²) in [4.78, 5) is 20.8. The summed E-state index contributed by atoms with van der Waals surface area (Å²) in [6, 6.07) is 4.48. The minimum Gasteiger partial charge on any atom is -0.373 e. The van der Waals surface area contributed by atoms with Gasteiger partial charge in [-0.1, -0.05) is 0 Å². The number of likely N-dealkylation sites (tertiary alicyclic amines) is 1. The molecule has 0 bridgehead atoms. The Morgan fingerprint density at radius 1 is 1.48 bits per heavy atom. The molecule has 2 heterocycles. The Morgan fingerprint density at radius 3 is 2.90 bits per heavy atom. The molecule has 1 aliphatic heterocycles. The van der Waals surface area contributed by atoms with Gasteiger partial charge >= 0.3 is 0 Å². The highest BCUT2D eigenvalue weighted by atomic mass is 16.2. The summed E-state index contributed by atoms with van der Waals surface area (Å²) in [5.74, 6) is 1.12. The highest BCUT2D eigenvalue weighted by Crippen LogP contribution is 2.32. The highest BCUT2D eigenvalue weighted by Gasteiger charge is 2.28. The molecule has 0 saturated carbocycles. The van der Waals surface area contributed by atoms with E-state index in [0.717, 1.165) is 38.3 Å². The normalized spacial score (nSPS) is 18.7. The molecule has 0 spiro atoms. The number of hydrogen-bond acceptors (Lipinski definition) is 4. The first kappa shape index (κ1) is 15.8. The van der Waals surface area contributed by atoms with Crippen molar-refractivity contribution >= 4 is 11.7 Å². The average molecular weight is 290 g/mol. The molecule has 21 heavy (non-hydrogen) atoms. The molecule has 0 aromatic carbocycles. The lowest BCUT2D eigenvalue weighted by Gasteiger charge is -2.27. The molecule has 1 amide bonds. The van der Waals surface area contributed by atoms with Crippen LogP contribution in [0.4, 0.5) is 5.82 Å². The molecule has 5 nitrogen and oxygen atoms in total. The third-order valence-corrected chi connectivity index (χ3v) is 4.24. The maximum Gasteiger partial charge on any atom is 0.236 e. The van der Waals surface area contributed by atoms with Crippen molar-refractivity contribution in [1.82, 2.24) is 14.8 Å². The van der Waals surface area contributed by atoms with Gasteiger partial charge in [-0.2, -0.15) is 0 Å². The number of rotatable bonds is 6. The van der Waals surface area contributed by atoms with Gasteiger partial charge in [0.05, 0.1) is 6.54 Å². The van der Waals surface area contributed by atoms with E-state index in [4.69, 9.17) is 0 Å². The third kappa shape index (κ3) is 3.73. The fraction of sp³-hybridized carbons (Fsp3) is 0.625. The SMILES string of the molecule is CCN(CC)C(=O)CN1CCC[C@H]1c1ccnc(NC)c1. The van der Waals surface area contributed by atoms with Crippen molar-refractivity contribution in [2.24, 2.45) is 0 Å². The zero-order valence-electron chi connectivity index (χ0n) is 13.3. The smallest absolute Gasteiger partial charge is 0.236 e. The van der Waals surface area contributed by atoms with E-state index in [1.165, 1.54) is 5.56 Å². The van der Waals surface area contributed by atoms with Crippen LogP contribution in [-0.4, -0.2) is 53.9 Å². The quantitative estimate of drug-likeness (QED) is 0.872. The number of nitrogens with zero attached hydrogens (tertiary/aromatic N) is 3. The summed E-state index contributed by atoms with van der Waals surface area (Å²) in [5.41, 5.74) is 1.25. The summed E-state index contributed by atoms with van der Waals surface area (Å²) in [6.07, 6.45) is 4.09. The number of likely N-dealkylation sites (N-methyl/N-ethyl adjacent to an activating group) is 1. The molecule has 1 atom stereocenters. The van der Waals surface area contributed by atoms with Crippen molar-refractivity contribution in [3.63, 3.8) is 0 Å². The van der Waals surface area contributed by atoms with Crippen LogP contribution in [0, 0.1) is 0 Å². The second kappa shape index (κ2) is 7.41. The first-order chi connectivity index (χ1) is 10.2. The van der Waals surface area contributed by atoms with Crippen LogP contribution >= 0.6 is 0 Å². The zero-order valence-corrected chi connectivity index (χ0v) is 13.3. The Labute approximate surface area is 127 Å². The Morgan fingerprint density at radius 2 is 2.24 bits per heavy atom. The molecule has 1 N–H and O–H groups in total. The van der Waals surface area contributed by atoms with E-state index in [1.54, 1.807) is 0 Å². The molecular formula is C16H26N4O. The molecule has 0 unspecified atom stereocenters. The van der Waals surface area contributed by atoms with E-state index in [1.807, 2.05) is 32.0 Å². The number of aromatic nitrogens is 1. The molecule has 0 aliphatic carbocycles. The van der Waals surface area contributed by atoms with Gasteiger partial charge in [0, 0.05) is 32.4 Å². The summed E-state index contributed by atoms with van der Waals surface area (Å²) in [6.45, 7) is 7.15. The molecule has 1 aliphatic rings. The molecule has 1 saturated heterocycles. The molecule has 5 heteroatoms. The van der Waals surface area contributed by atoms with Gasteiger partial charge in [-0.25, -0.2) is 4.98 Å². The first-order valence-electron chi connectivity index (χ1n) is 7.85. The van der Waals surface area contributed by atoms with Crippen LogP contribution in [0.25, 0.3) is 0 Å². The van der Waals surface area contributed by atoms with Crippen LogP contribution in [0.1, 0.15) is 38.3 Å². The van der Waals surface area contributed by atoms with Crippen LogP contribution in [0.2, 0.25) is 0 Å². The Hall–Kier alpha value is -1.62. The first-order valence-corrected chi connectivity index (χ1v) is 7.85. The van der Waals surface area contributed by atoms with Gasteiger partial charge in [-0.05, 0) is 50.9 Å². The average Bonchev–Trinajstić information content (AvgIpc) is 2.96. The van der Waals surface area contributed by atoms with Crippen LogP contribution in [0.5, 0.6) is 0 Å². The largest absolute Gasteiger partial charge is 0.373 e. The van der Waals surface area contributed by atoms with E-state index < -0.39 is 0 Å². The van der Waals surface area contributed by atoms with Crippen molar-refractivity contribution < 1.29 is 4.79 Å². The lowest BCUT2D eigenvalue weighted by molar-refractivity contribution is -0.132. The Kier molecular flexibility index (Phi) is 5.56. The Bertz CT molecular complexity index is 473. The maximum atomic E-state index is 12.3. The van der Waals surface area contributed by atoms with E-state index in [9.17, 15) is 4.79 Å². The van der Waals surface area contributed by atoms with Crippen LogP contribution in [0.15, 0.2) is 18.3 Å². The molecule has 116 valence electrons. The fourth-order valence-electron chi connectivity index (χ4n) is 3.03. The fourth-order valence-corrected chi connectivity index (χ4v) is 3.03. The lowest BCUT2D eigenvalue weighted by atomic mass is 10.1. The lowest BCUT2D eigenvalue weighted by Crippen LogP contribution is -2.40. The van der Waals surface area contributed by atoms with E-state index >= 15 is 0 Å². The highest BCUT2D eigenvalue weighted by molar-refractivity contribution is 5.78. The van der Waals surface area contributed by atoms with Gasteiger partial charge in [0.15, 0.2) is 0 Å². The molecule has 1 fully saturated rings. The van der Waals surface area contributed by atoms with Crippen molar-refractivity contribution in [3.05, 3.63) is 23.9 Å². The number of anilines is 1. The van der Waals surface area contributed by atoms with Gasteiger partial charge < -0.3 is 10.2 Å². The standard InChI is InChI=1S/C16H26N4O/c1-4-19(5-2)16(21)12-20-10-6-7-14(20)13-8-9-18-15(11-13)17-3/h8-9,11,14H,4-7,10,12H2,1-3H3,(H,17,18)/t14-/m0/s1. The van der Waals surface area contributed by atoms with E-state index in [2.05, 4.69) is 27.3 Å². The zero-order chi connectivity index (χ0) is 15.2. The van der Waals surface area contributed by atoms with Crippen LogP contribution in [0.3, 0.4) is 0 Å². The van der Waals surface area contributed by atoms with Gasteiger partial charge in [0.2, 0.25) is 5.91 Å². The van der Waals surface area contributed by atoms with Crippen molar-refractivity contribution in [2.75, 3.05) is 38.5 Å². The number of pyridine rings is 1. The van der Waals surface area contributed by atoms with Gasteiger partial charge in [-0.3, -0.25) is 9.69 Å². The van der Waals surface area contributed by atoms with Crippen molar-refractivity contribution in [2.45, 2.75) is 32.7 Å². The third-order valence-electron chi connectivity index (χ3n) is 4.24. The van der Waals surface area contributed by atoms with Crippen molar-refractivity contribution in [1.29, 1.82) is 0 Å². The molecular weight excluding hydrogens is 264 g/mol. The minimum atomic E-state index is 0.231. The van der Waals surface area contributed by atoms with Gasteiger partial charge in [0.1, 0.15) is 5.82 Å². The topological polar surface area (TPSA) is 48.5 Å². The van der Waals surface area contributed by atoms with Crippen LogP contribution < -0.4 is 5.32 Å². The second-order valence-electron chi connectivity index (χ2n) is 5.42. The molecule has 1 aromatic rings. The summed E-state index contributed by atoms with van der Waals surface area (Å²) < 4.78 is 0. The van der Waals surface area contributed by atoms with E-state index in [0.29, 0.717) is 12.6 Å². The van der Waals surface area contributed by atoms with E-state index in [-0.39, 0.29) is 5.91 Å². The number of carbonyl (C=O) groups is 1. The number of carbonyl (C=O) groups excluding carboxylic acids is 1. The second-order valence-corrected chi connectivity index (χ2v) is 5.42. The molecule has 1 aromatic heterocycles. The summed E-state index contributed by atoms with van der Waals surface area (Å²) in [7, 11) is 1.88. The molecule has 0 radical (unpaired) electrons. The maximum absolute atomic E-state index is 12.3. The number of nitrogens with one attached hydrogen (secondary N) is 1. The molecule has 2 rings (SSSR count). The summed E-state index contributed by atoms with van der Waals surface area (Å²) >= 11 is 0. The Balaban J connectivity index is 2.07. The van der Waals surface area contributed by atoms with Crippen LogP contribution in [-0.2, 0) is 4.79 Å². The number of hydrogen-bond donors (Lipinski definition) is 1. The van der Waals surface area contributed by atoms with Crippen molar-refractivity contribution in [3.8, 4) is 0 Å².